The van der Waals surface area contributed by atoms with Crippen LogP contribution in [0.1, 0.15) is 25.7 Å². The van der Waals surface area contributed by atoms with Gasteiger partial charge in [0.15, 0.2) is 0 Å². The molecule has 2 rings (SSSR count). The Bertz CT molecular complexity index is 405. The van der Waals surface area contributed by atoms with Crippen molar-refractivity contribution in [2.75, 3.05) is 13.7 Å². The molecule has 18 heavy (non-hydrogen) atoms. The van der Waals surface area contributed by atoms with Crippen LogP contribution in [0.15, 0.2) is 29.2 Å². The first-order valence-electron chi connectivity index (χ1n) is 6.51. The smallest absolute Gasteiger partial charge is 0.118 e. The Morgan fingerprint density at radius 1 is 1.28 bits per heavy atom. The van der Waals surface area contributed by atoms with Gasteiger partial charge in [0.05, 0.1) is 17.9 Å². The van der Waals surface area contributed by atoms with E-state index in [0.717, 1.165) is 23.5 Å². The lowest BCUT2D eigenvalue weighted by Gasteiger charge is -2.29. The molecular formula is C14H21NO2S. The van der Waals surface area contributed by atoms with Crippen LogP contribution in [0.3, 0.4) is 0 Å². The maximum atomic E-state index is 12.6. The second kappa shape index (κ2) is 6.34. The van der Waals surface area contributed by atoms with Crippen LogP contribution < -0.4 is 10.5 Å². The lowest BCUT2D eigenvalue weighted by molar-refractivity contribution is 0.372. The van der Waals surface area contributed by atoms with Gasteiger partial charge in [-0.1, -0.05) is 12.8 Å². The van der Waals surface area contributed by atoms with Crippen LogP contribution in [0.4, 0.5) is 0 Å². The molecule has 0 bridgehead atoms. The SMILES string of the molecule is COc1ccc(S(=O)C2CCCCC2CN)cc1. The van der Waals surface area contributed by atoms with Gasteiger partial charge in [-0.05, 0) is 49.6 Å². The summed E-state index contributed by atoms with van der Waals surface area (Å²) in [6, 6.07) is 7.54. The van der Waals surface area contributed by atoms with Crippen molar-refractivity contribution in [2.24, 2.45) is 11.7 Å². The van der Waals surface area contributed by atoms with Gasteiger partial charge in [-0.3, -0.25) is 4.21 Å². The van der Waals surface area contributed by atoms with Gasteiger partial charge in [0, 0.05) is 10.1 Å². The van der Waals surface area contributed by atoms with Crippen molar-refractivity contribution in [1.82, 2.24) is 0 Å². The zero-order valence-corrected chi connectivity index (χ0v) is 11.6. The van der Waals surface area contributed by atoms with Gasteiger partial charge >= 0.3 is 0 Å². The molecule has 0 saturated heterocycles. The highest BCUT2D eigenvalue weighted by molar-refractivity contribution is 7.85. The van der Waals surface area contributed by atoms with Gasteiger partial charge in [-0.15, -0.1) is 0 Å². The zero-order valence-electron chi connectivity index (χ0n) is 10.8. The lowest BCUT2D eigenvalue weighted by Crippen LogP contribution is -2.34. The van der Waals surface area contributed by atoms with Crippen LogP contribution in [0.5, 0.6) is 5.75 Å². The molecule has 0 radical (unpaired) electrons. The quantitative estimate of drug-likeness (QED) is 0.911. The number of hydrogen-bond donors (Lipinski definition) is 1. The molecule has 0 amide bonds. The van der Waals surface area contributed by atoms with Crippen LogP contribution >= 0.6 is 0 Å². The van der Waals surface area contributed by atoms with E-state index in [1.165, 1.54) is 12.8 Å². The summed E-state index contributed by atoms with van der Waals surface area (Å²) in [5.74, 6) is 1.21. The van der Waals surface area contributed by atoms with Crippen LogP contribution in [-0.2, 0) is 10.8 Å². The molecule has 0 aliphatic heterocycles. The maximum Gasteiger partial charge on any atom is 0.118 e. The summed E-state index contributed by atoms with van der Waals surface area (Å²) in [5.41, 5.74) is 5.80. The van der Waals surface area contributed by atoms with Crippen LogP contribution in [0, 0.1) is 5.92 Å². The largest absolute Gasteiger partial charge is 0.497 e. The van der Waals surface area contributed by atoms with Gasteiger partial charge in [0.25, 0.3) is 0 Å². The predicted molar refractivity (Wildman–Crippen MR) is 74.2 cm³/mol. The highest BCUT2D eigenvalue weighted by Crippen LogP contribution is 2.30. The number of benzene rings is 1. The first-order chi connectivity index (χ1) is 8.76. The number of hydrogen-bond acceptors (Lipinski definition) is 3. The van der Waals surface area contributed by atoms with E-state index in [9.17, 15) is 4.21 Å². The Labute approximate surface area is 111 Å². The van der Waals surface area contributed by atoms with Gasteiger partial charge < -0.3 is 10.5 Å². The lowest BCUT2D eigenvalue weighted by atomic mass is 9.89. The van der Waals surface area contributed by atoms with E-state index >= 15 is 0 Å². The molecule has 1 aromatic carbocycles. The van der Waals surface area contributed by atoms with Gasteiger partial charge in [-0.2, -0.15) is 0 Å². The number of methoxy groups -OCH3 is 1. The maximum absolute atomic E-state index is 12.6. The summed E-state index contributed by atoms with van der Waals surface area (Å²) in [6.07, 6.45) is 4.53. The van der Waals surface area contributed by atoms with Crippen molar-refractivity contribution in [1.29, 1.82) is 0 Å². The molecule has 1 aliphatic rings. The fourth-order valence-corrected chi connectivity index (χ4v) is 4.34. The average molecular weight is 267 g/mol. The van der Waals surface area contributed by atoms with E-state index < -0.39 is 10.8 Å². The summed E-state index contributed by atoms with van der Waals surface area (Å²) in [7, 11) is 0.691. The molecule has 3 unspecified atom stereocenters. The van der Waals surface area contributed by atoms with E-state index in [1.54, 1.807) is 7.11 Å². The van der Waals surface area contributed by atoms with Gasteiger partial charge in [0.1, 0.15) is 5.75 Å². The highest BCUT2D eigenvalue weighted by atomic mass is 32.2. The van der Waals surface area contributed by atoms with E-state index in [2.05, 4.69) is 0 Å². The fraction of sp³-hybridized carbons (Fsp3) is 0.571. The molecule has 1 saturated carbocycles. The normalized spacial score (nSPS) is 25.7. The Hall–Kier alpha value is -0.870. The third kappa shape index (κ3) is 2.93. The summed E-state index contributed by atoms with van der Waals surface area (Å²) >= 11 is 0. The number of nitrogens with two attached hydrogens (primary N) is 1. The monoisotopic (exact) mass is 267 g/mol. The zero-order chi connectivity index (χ0) is 13.0. The molecule has 1 fully saturated rings. The molecule has 1 aliphatic carbocycles. The minimum Gasteiger partial charge on any atom is -0.497 e. The molecular weight excluding hydrogens is 246 g/mol. The van der Waals surface area contributed by atoms with Crippen molar-refractivity contribution < 1.29 is 8.95 Å². The third-order valence-corrected chi connectivity index (χ3v) is 5.62. The van der Waals surface area contributed by atoms with Crippen LogP contribution in [0.25, 0.3) is 0 Å². The van der Waals surface area contributed by atoms with Crippen LogP contribution in [0.2, 0.25) is 0 Å². The van der Waals surface area contributed by atoms with E-state index in [1.807, 2.05) is 24.3 Å². The van der Waals surface area contributed by atoms with E-state index in [0.29, 0.717) is 12.5 Å². The van der Waals surface area contributed by atoms with E-state index in [-0.39, 0.29) is 5.25 Å². The first kappa shape index (κ1) is 13.6. The minimum absolute atomic E-state index is 0.220. The summed E-state index contributed by atoms with van der Waals surface area (Å²) < 4.78 is 17.7. The molecule has 2 N–H and O–H groups in total. The Morgan fingerprint density at radius 2 is 1.94 bits per heavy atom. The van der Waals surface area contributed by atoms with Crippen molar-refractivity contribution in [3.63, 3.8) is 0 Å². The Balaban J connectivity index is 2.13. The number of ether oxygens (including phenoxy) is 1. The molecule has 4 heteroatoms. The molecule has 3 nitrogen and oxygen atoms in total. The number of rotatable bonds is 4. The molecule has 0 aromatic heterocycles. The van der Waals surface area contributed by atoms with E-state index in [4.69, 9.17) is 10.5 Å². The summed E-state index contributed by atoms with van der Waals surface area (Å²) in [5, 5.41) is 0.220. The average Bonchev–Trinajstić information content (AvgIpc) is 2.46. The second-order valence-electron chi connectivity index (χ2n) is 4.79. The predicted octanol–water partition coefficient (Wildman–Crippen LogP) is 2.32. The Morgan fingerprint density at radius 3 is 2.56 bits per heavy atom. The summed E-state index contributed by atoms with van der Waals surface area (Å²) in [4.78, 5) is 0.890. The van der Waals surface area contributed by atoms with Gasteiger partial charge in [-0.25, -0.2) is 0 Å². The van der Waals surface area contributed by atoms with Gasteiger partial charge in [0.2, 0.25) is 0 Å². The molecule has 0 heterocycles. The molecule has 0 spiro atoms. The topological polar surface area (TPSA) is 52.3 Å². The second-order valence-corrected chi connectivity index (χ2v) is 6.46. The Kier molecular flexibility index (Phi) is 4.78. The van der Waals surface area contributed by atoms with Crippen molar-refractivity contribution in [2.45, 2.75) is 35.8 Å². The molecule has 100 valence electrons. The minimum atomic E-state index is -0.946. The van der Waals surface area contributed by atoms with Crippen molar-refractivity contribution in [3.8, 4) is 5.75 Å². The molecule has 1 aromatic rings. The highest BCUT2D eigenvalue weighted by Gasteiger charge is 2.29. The molecule has 3 atom stereocenters. The van der Waals surface area contributed by atoms with Crippen LogP contribution in [-0.4, -0.2) is 23.1 Å². The van der Waals surface area contributed by atoms with Crippen molar-refractivity contribution >= 4 is 10.8 Å². The fourth-order valence-electron chi connectivity index (χ4n) is 2.61. The first-order valence-corrected chi connectivity index (χ1v) is 7.72. The summed E-state index contributed by atoms with van der Waals surface area (Å²) in [6.45, 7) is 0.645. The van der Waals surface area contributed by atoms with Crippen molar-refractivity contribution in [3.05, 3.63) is 24.3 Å². The standard InChI is InChI=1S/C14H21NO2S/c1-17-12-6-8-13(9-7-12)18(16)14-5-3-2-4-11(14)10-15/h6-9,11,14H,2-5,10,15H2,1H3. The third-order valence-electron chi connectivity index (χ3n) is 3.71.